The maximum atomic E-state index is 12.7. The van der Waals surface area contributed by atoms with Crippen molar-refractivity contribution in [2.75, 3.05) is 13.2 Å². The lowest BCUT2D eigenvalue weighted by atomic mass is 10.2. The molecule has 2 aromatic rings. The summed E-state index contributed by atoms with van der Waals surface area (Å²) in [6.07, 6.45) is 0.595. The van der Waals surface area contributed by atoms with Crippen molar-refractivity contribution < 1.29 is 18.7 Å². The molecule has 4 nitrogen and oxygen atoms in total. The summed E-state index contributed by atoms with van der Waals surface area (Å²) in [4.78, 5) is 11.3. The van der Waals surface area contributed by atoms with Gasteiger partial charge in [0.05, 0.1) is 18.8 Å². The number of primary amides is 1. The highest BCUT2D eigenvalue weighted by Gasteiger charge is 2.10. The van der Waals surface area contributed by atoms with Gasteiger partial charge in [-0.1, -0.05) is 11.6 Å². The molecule has 2 N–H and O–H groups in total. The fraction of sp³-hybridized carbons (Fsp3) is 0.188. The third-order valence-corrected chi connectivity index (χ3v) is 3.07. The highest BCUT2D eigenvalue weighted by Crippen LogP contribution is 2.22. The standard InChI is InChI=1S/C16H15ClFNO3/c17-11-2-7-15(14(10-11)16(19)20)22-9-1-8-21-13-5-3-12(18)4-6-13/h2-7,10H,1,8-9H2,(H2,19,20). The minimum absolute atomic E-state index is 0.243. The van der Waals surface area contributed by atoms with E-state index in [-0.39, 0.29) is 11.4 Å². The SMILES string of the molecule is NC(=O)c1cc(Cl)ccc1OCCCOc1ccc(F)cc1. The van der Waals surface area contributed by atoms with Crippen molar-refractivity contribution >= 4 is 17.5 Å². The number of benzene rings is 2. The van der Waals surface area contributed by atoms with Crippen LogP contribution in [0.25, 0.3) is 0 Å². The van der Waals surface area contributed by atoms with Gasteiger partial charge >= 0.3 is 0 Å². The van der Waals surface area contributed by atoms with Crippen molar-refractivity contribution in [1.82, 2.24) is 0 Å². The van der Waals surface area contributed by atoms with Crippen LogP contribution >= 0.6 is 11.6 Å². The van der Waals surface area contributed by atoms with E-state index in [9.17, 15) is 9.18 Å². The smallest absolute Gasteiger partial charge is 0.252 e. The van der Waals surface area contributed by atoms with Crippen molar-refractivity contribution in [2.45, 2.75) is 6.42 Å². The number of carbonyl (C=O) groups is 1. The summed E-state index contributed by atoms with van der Waals surface area (Å²) in [7, 11) is 0. The molecule has 2 aromatic carbocycles. The van der Waals surface area contributed by atoms with Crippen LogP contribution in [0.1, 0.15) is 16.8 Å². The summed E-state index contributed by atoms with van der Waals surface area (Å²) in [5.74, 6) is 0.0712. The molecule has 0 fully saturated rings. The van der Waals surface area contributed by atoms with Crippen molar-refractivity contribution in [1.29, 1.82) is 0 Å². The minimum Gasteiger partial charge on any atom is -0.493 e. The number of rotatable bonds is 7. The molecule has 0 unspecified atom stereocenters. The van der Waals surface area contributed by atoms with Gasteiger partial charge in [0.1, 0.15) is 17.3 Å². The van der Waals surface area contributed by atoms with Crippen LogP contribution < -0.4 is 15.2 Å². The van der Waals surface area contributed by atoms with Crippen LogP contribution in [0, 0.1) is 5.82 Å². The van der Waals surface area contributed by atoms with Crippen LogP contribution in [0.2, 0.25) is 5.02 Å². The number of hydrogen-bond donors (Lipinski definition) is 1. The van der Waals surface area contributed by atoms with Gasteiger partial charge in [-0.15, -0.1) is 0 Å². The molecule has 0 heterocycles. The van der Waals surface area contributed by atoms with Gasteiger partial charge in [-0.2, -0.15) is 0 Å². The average molecular weight is 324 g/mol. The first kappa shape index (κ1) is 16.1. The first-order valence-electron chi connectivity index (χ1n) is 6.67. The molecule has 0 aromatic heterocycles. The average Bonchev–Trinajstić information content (AvgIpc) is 2.50. The van der Waals surface area contributed by atoms with E-state index < -0.39 is 5.91 Å². The summed E-state index contributed by atoms with van der Waals surface area (Å²) in [6, 6.07) is 10.5. The Bertz CT molecular complexity index is 646. The summed E-state index contributed by atoms with van der Waals surface area (Å²) in [6.45, 7) is 0.758. The summed E-state index contributed by atoms with van der Waals surface area (Å²) >= 11 is 5.81. The topological polar surface area (TPSA) is 61.6 Å². The Morgan fingerprint density at radius 3 is 2.45 bits per heavy atom. The minimum atomic E-state index is -0.597. The molecule has 0 saturated heterocycles. The van der Waals surface area contributed by atoms with Gasteiger partial charge in [0.15, 0.2) is 0 Å². The van der Waals surface area contributed by atoms with Crippen molar-refractivity contribution in [3.63, 3.8) is 0 Å². The Kier molecular flexibility index (Phi) is 5.61. The number of hydrogen-bond acceptors (Lipinski definition) is 3. The van der Waals surface area contributed by atoms with Crippen molar-refractivity contribution in [3.8, 4) is 11.5 Å². The lowest BCUT2D eigenvalue weighted by Gasteiger charge is -2.10. The highest BCUT2D eigenvalue weighted by molar-refractivity contribution is 6.31. The zero-order valence-electron chi connectivity index (χ0n) is 11.7. The van der Waals surface area contributed by atoms with Crippen molar-refractivity contribution in [3.05, 3.63) is 58.9 Å². The molecule has 0 bridgehead atoms. The molecule has 0 spiro atoms. The van der Waals surface area contributed by atoms with Gasteiger partial charge in [0.2, 0.25) is 0 Å². The molecular weight excluding hydrogens is 309 g/mol. The van der Waals surface area contributed by atoms with Gasteiger partial charge in [0.25, 0.3) is 5.91 Å². The molecule has 116 valence electrons. The van der Waals surface area contributed by atoms with Gasteiger partial charge in [-0.25, -0.2) is 4.39 Å². The molecule has 0 atom stereocenters. The second kappa shape index (κ2) is 7.66. The van der Waals surface area contributed by atoms with Gasteiger partial charge in [0, 0.05) is 11.4 Å². The predicted octanol–water partition coefficient (Wildman–Crippen LogP) is 3.43. The van der Waals surface area contributed by atoms with Gasteiger partial charge in [-0.3, -0.25) is 4.79 Å². The molecule has 6 heteroatoms. The molecule has 0 aliphatic heterocycles. The Morgan fingerprint density at radius 1 is 1.09 bits per heavy atom. The van der Waals surface area contributed by atoms with Crippen LogP contribution in [0.3, 0.4) is 0 Å². The highest BCUT2D eigenvalue weighted by atomic mass is 35.5. The maximum Gasteiger partial charge on any atom is 0.252 e. The van der Waals surface area contributed by atoms with E-state index in [2.05, 4.69) is 0 Å². The van der Waals surface area contributed by atoms with Crippen LogP contribution in [-0.2, 0) is 0 Å². The van der Waals surface area contributed by atoms with Gasteiger partial charge < -0.3 is 15.2 Å². The van der Waals surface area contributed by atoms with Crippen molar-refractivity contribution in [2.24, 2.45) is 5.73 Å². The maximum absolute atomic E-state index is 12.7. The lowest BCUT2D eigenvalue weighted by molar-refractivity contribution is 0.0996. The largest absolute Gasteiger partial charge is 0.493 e. The second-order valence-electron chi connectivity index (χ2n) is 4.51. The van der Waals surface area contributed by atoms with Crippen LogP contribution in [-0.4, -0.2) is 19.1 Å². The number of carbonyl (C=O) groups excluding carboxylic acids is 1. The van der Waals surface area contributed by atoms with E-state index in [0.717, 1.165) is 0 Å². The monoisotopic (exact) mass is 323 g/mol. The lowest BCUT2D eigenvalue weighted by Crippen LogP contribution is -2.14. The second-order valence-corrected chi connectivity index (χ2v) is 4.95. The first-order valence-corrected chi connectivity index (χ1v) is 7.04. The summed E-state index contributed by atoms with van der Waals surface area (Å²) < 4.78 is 23.7. The zero-order chi connectivity index (χ0) is 15.9. The molecule has 0 radical (unpaired) electrons. The van der Waals surface area contributed by atoms with Crippen LogP contribution in [0.5, 0.6) is 11.5 Å². The van der Waals surface area contributed by atoms with E-state index in [1.807, 2.05) is 0 Å². The van der Waals surface area contributed by atoms with E-state index in [0.29, 0.717) is 36.2 Å². The molecule has 0 saturated carbocycles. The molecule has 0 aliphatic carbocycles. The number of halogens is 2. The molecular formula is C16H15ClFNO3. The Labute approximate surface area is 132 Å². The third kappa shape index (κ3) is 4.63. The summed E-state index contributed by atoms with van der Waals surface area (Å²) in [5, 5.41) is 0.417. The number of ether oxygens (including phenoxy) is 2. The van der Waals surface area contributed by atoms with E-state index in [1.54, 1.807) is 24.3 Å². The quantitative estimate of drug-likeness (QED) is 0.794. The Balaban J connectivity index is 1.79. The van der Waals surface area contributed by atoms with Crippen LogP contribution in [0.4, 0.5) is 4.39 Å². The van der Waals surface area contributed by atoms with Gasteiger partial charge in [-0.05, 0) is 42.5 Å². The molecule has 0 aliphatic rings. The molecule has 1 amide bonds. The normalized spacial score (nSPS) is 10.3. The third-order valence-electron chi connectivity index (χ3n) is 2.84. The Morgan fingerprint density at radius 2 is 1.77 bits per heavy atom. The van der Waals surface area contributed by atoms with Crippen LogP contribution in [0.15, 0.2) is 42.5 Å². The number of amides is 1. The van der Waals surface area contributed by atoms with E-state index >= 15 is 0 Å². The van der Waals surface area contributed by atoms with E-state index in [4.69, 9.17) is 26.8 Å². The Hall–Kier alpha value is -2.27. The zero-order valence-corrected chi connectivity index (χ0v) is 12.5. The number of nitrogens with two attached hydrogens (primary N) is 1. The molecule has 2 rings (SSSR count). The summed E-state index contributed by atoms with van der Waals surface area (Å²) in [5.41, 5.74) is 5.51. The first-order chi connectivity index (χ1) is 10.6. The fourth-order valence-electron chi connectivity index (χ4n) is 1.78. The predicted molar refractivity (Wildman–Crippen MR) is 82.0 cm³/mol. The van der Waals surface area contributed by atoms with E-state index in [1.165, 1.54) is 18.2 Å². The fourth-order valence-corrected chi connectivity index (χ4v) is 1.95. The molecule has 22 heavy (non-hydrogen) atoms.